The number of para-hydroxylation sites is 1. The van der Waals surface area contributed by atoms with Crippen LogP contribution in [-0.4, -0.2) is 4.98 Å². The summed E-state index contributed by atoms with van der Waals surface area (Å²) >= 11 is 2.37. The average Bonchev–Trinajstić information content (AvgIpc) is 2.83. The van der Waals surface area contributed by atoms with Gasteiger partial charge in [0.25, 0.3) is 0 Å². The van der Waals surface area contributed by atoms with Gasteiger partial charge in [-0.2, -0.15) is 0 Å². The first-order valence-electron chi connectivity index (χ1n) is 7.78. The quantitative estimate of drug-likeness (QED) is 0.513. The van der Waals surface area contributed by atoms with Gasteiger partial charge in [0.2, 0.25) is 0 Å². The molecular weight excluding hydrogens is 381 g/mol. The van der Waals surface area contributed by atoms with Crippen LogP contribution >= 0.6 is 22.6 Å². The zero-order chi connectivity index (χ0) is 15.9. The zero-order valence-corrected chi connectivity index (χ0v) is 15.7. The van der Waals surface area contributed by atoms with Crippen molar-refractivity contribution in [3.05, 3.63) is 68.9 Å². The summed E-state index contributed by atoms with van der Waals surface area (Å²) in [5, 5.41) is 1.34. The topological polar surface area (TPSA) is 15.8 Å². The van der Waals surface area contributed by atoms with E-state index in [2.05, 4.69) is 104 Å². The standard InChI is InChI=1S/C20H22IN/c1-13(2)20(4,15-9-11-16(21)12-10-15)19-14(3)22-18-8-6-5-7-17(18)19/h5-13,22H,1-4H3. The third-order valence-electron chi connectivity index (χ3n) is 5.01. The maximum atomic E-state index is 3.57. The molecule has 1 heterocycles. The maximum absolute atomic E-state index is 3.57. The summed E-state index contributed by atoms with van der Waals surface area (Å²) in [6, 6.07) is 17.6. The molecule has 1 N–H and O–H groups in total. The number of H-pyrrole nitrogens is 1. The van der Waals surface area contributed by atoms with Crippen LogP contribution in [-0.2, 0) is 5.41 Å². The maximum Gasteiger partial charge on any atom is 0.0459 e. The fourth-order valence-electron chi connectivity index (χ4n) is 3.51. The predicted molar refractivity (Wildman–Crippen MR) is 103 cm³/mol. The molecule has 2 heteroatoms. The summed E-state index contributed by atoms with van der Waals surface area (Å²) in [6.07, 6.45) is 0. The van der Waals surface area contributed by atoms with Crippen molar-refractivity contribution in [1.29, 1.82) is 0 Å². The Morgan fingerprint density at radius 2 is 1.64 bits per heavy atom. The summed E-state index contributed by atoms with van der Waals surface area (Å²) in [4.78, 5) is 3.57. The Kier molecular flexibility index (Phi) is 4.06. The van der Waals surface area contributed by atoms with Crippen LogP contribution in [0.3, 0.4) is 0 Å². The van der Waals surface area contributed by atoms with E-state index >= 15 is 0 Å². The predicted octanol–water partition coefficient (Wildman–Crippen LogP) is 6.04. The van der Waals surface area contributed by atoms with Gasteiger partial charge in [0, 0.05) is 25.6 Å². The molecule has 0 radical (unpaired) electrons. The molecule has 1 unspecified atom stereocenters. The monoisotopic (exact) mass is 403 g/mol. The van der Waals surface area contributed by atoms with E-state index in [1.54, 1.807) is 0 Å². The number of nitrogens with one attached hydrogen (secondary N) is 1. The lowest BCUT2D eigenvalue weighted by molar-refractivity contribution is 0.406. The molecule has 22 heavy (non-hydrogen) atoms. The molecule has 0 aliphatic heterocycles. The first-order valence-corrected chi connectivity index (χ1v) is 8.86. The van der Waals surface area contributed by atoms with Crippen molar-refractivity contribution >= 4 is 33.5 Å². The molecule has 0 bridgehead atoms. The van der Waals surface area contributed by atoms with E-state index in [-0.39, 0.29) is 5.41 Å². The molecule has 0 spiro atoms. The van der Waals surface area contributed by atoms with E-state index in [4.69, 9.17) is 0 Å². The smallest absolute Gasteiger partial charge is 0.0459 e. The SMILES string of the molecule is Cc1[nH]c2ccccc2c1C(C)(c1ccc(I)cc1)C(C)C. The third-order valence-corrected chi connectivity index (χ3v) is 5.73. The second kappa shape index (κ2) is 5.73. The number of halogens is 1. The summed E-state index contributed by atoms with van der Waals surface area (Å²) in [6.45, 7) is 9.21. The number of aromatic nitrogens is 1. The lowest BCUT2D eigenvalue weighted by atomic mass is 9.67. The minimum atomic E-state index is -0.00593. The van der Waals surface area contributed by atoms with Gasteiger partial charge in [-0.1, -0.05) is 51.1 Å². The third kappa shape index (κ3) is 2.37. The van der Waals surface area contributed by atoms with Crippen LogP contribution in [0.4, 0.5) is 0 Å². The Morgan fingerprint density at radius 3 is 2.27 bits per heavy atom. The van der Waals surface area contributed by atoms with E-state index in [9.17, 15) is 0 Å². The van der Waals surface area contributed by atoms with Gasteiger partial charge < -0.3 is 4.98 Å². The molecule has 0 fully saturated rings. The second-order valence-electron chi connectivity index (χ2n) is 6.53. The summed E-state index contributed by atoms with van der Waals surface area (Å²) in [5.74, 6) is 0.505. The number of rotatable bonds is 3. The van der Waals surface area contributed by atoms with E-state index < -0.39 is 0 Å². The molecule has 0 aliphatic rings. The van der Waals surface area contributed by atoms with Crippen molar-refractivity contribution in [2.75, 3.05) is 0 Å². The van der Waals surface area contributed by atoms with Gasteiger partial charge in [0.1, 0.15) is 0 Å². The van der Waals surface area contributed by atoms with Gasteiger partial charge in [-0.3, -0.25) is 0 Å². The molecule has 1 aromatic heterocycles. The number of aromatic amines is 1. The molecule has 3 aromatic rings. The largest absolute Gasteiger partial charge is 0.358 e. The lowest BCUT2D eigenvalue weighted by Crippen LogP contribution is -2.30. The van der Waals surface area contributed by atoms with Crippen LogP contribution in [0.25, 0.3) is 10.9 Å². The molecule has 3 rings (SSSR count). The van der Waals surface area contributed by atoms with E-state index in [0.717, 1.165) is 0 Å². The van der Waals surface area contributed by atoms with Gasteiger partial charge in [0.05, 0.1) is 0 Å². The summed E-state index contributed by atoms with van der Waals surface area (Å²) in [7, 11) is 0. The first-order chi connectivity index (χ1) is 10.4. The van der Waals surface area contributed by atoms with Crippen LogP contribution in [0.2, 0.25) is 0 Å². The molecule has 0 saturated heterocycles. The van der Waals surface area contributed by atoms with Crippen molar-refractivity contribution in [3.8, 4) is 0 Å². The minimum absolute atomic E-state index is 0.00593. The Bertz CT molecular complexity index is 798. The molecule has 2 aromatic carbocycles. The molecule has 114 valence electrons. The van der Waals surface area contributed by atoms with Gasteiger partial charge in [-0.25, -0.2) is 0 Å². The van der Waals surface area contributed by atoms with Crippen LogP contribution < -0.4 is 0 Å². The minimum Gasteiger partial charge on any atom is -0.358 e. The zero-order valence-electron chi connectivity index (χ0n) is 13.6. The number of fused-ring (bicyclic) bond motifs is 1. The van der Waals surface area contributed by atoms with Crippen LogP contribution in [0.1, 0.15) is 37.6 Å². The fraction of sp³-hybridized carbons (Fsp3) is 0.300. The molecular formula is C20H22IN. The molecule has 0 amide bonds. The average molecular weight is 403 g/mol. The molecule has 0 aliphatic carbocycles. The second-order valence-corrected chi connectivity index (χ2v) is 7.78. The van der Waals surface area contributed by atoms with Gasteiger partial charge in [-0.15, -0.1) is 0 Å². The van der Waals surface area contributed by atoms with Crippen LogP contribution in [0.5, 0.6) is 0 Å². The first kappa shape index (κ1) is 15.6. The van der Waals surface area contributed by atoms with Crippen molar-refractivity contribution < 1.29 is 0 Å². The molecule has 1 atom stereocenters. The van der Waals surface area contributed by atoms with Crippen molar-refractivity contribution in [2.24, 2.45) is 5.92 Å². The van der Waals surface area contributed by atoms with Crippen molar-refractivity contribution in [2.45, 2.75) is 33.1 Å². The number of hydrogen-bond donors (Lipinski definition) is 1. The fourth-order valence-corrected chi connectivity index (χ4v) is 3.87. The Morgan fingerprint density at radius 1 is 1.00 bits per heavy atom. The van der Waals surface area contributed by atoms with E-state index in [1.165, 1.54) is 31.3 Å². The molecule has 1 nitrogen and oxygen atoms in total. The number of benzene rings is 2. The highest BCUT2D eigenvalue weighted by Gasteiger charge is 2.36. The van der Waals surface area contributed by atoms with Gasteiger partial charge in [-0.05, 0) is 64.8 Å². The number of hydrogen-bond acceptors (Lipinski definition) is 0. The van der Waals surface area contributed by atoms with Crippen molar-refractivity contribution in [1.82, 2.24) is 4.98 Å². The van der Waals surface area contributed by atoms with Crippen LogP contribution in [0.15, 0.2) is 48.5 Å². The summed E-state index contributed by atoms with van der Waals surface area (Å²) in [5.41, 5.74) is 5.31. The van der Waals surface area contributed by atoms with Gasteiger partial charge in [0.15, 0.2) is 0 Å². The number of aryl methyl sites for hydroxylation is 1. The van der Waals surface area contributed by atoms with E-state index in [0.29, 0.717) is 5.92 Å². The van der Waals surface area contributed by atoms with Crippen molar-refractivity contribution in [3.63, 3.8) is 0 Å². The van der Waals surface area contributed by atoms with Gasteiger partial charge >= 0.3 is 0 Å². The highest BCUT2D eigenvalue weighted by atomic mass is 127. The Balaban J connectivity index is 2.31. The Labute approximate surface area is 146 Å². The highest BCUT2D eigenvalue weighted by molar-refractivity contribution is 14.1. The summed E-state index contributed by atoms with van der Waals surface area (Å²) < 4.78 is 1.28. The molecule has 0 saturated carbocycles. The highest BCUT2D eigenvalue weighted by Crippen LogP contribution is 2.43. The Hall–Kier alpha value is -1.29. The normalized spacial score (nSPS) is 14.5. The lowest BCUT2D eigenvalue weighted by Gasteiger charge is -2.35. The van der Waals surface area contributed by atoms with Crippen LogP contribution in [0, 0.1) is 16.4 Å². The van der Waals surface area contributed by atoms with E-state index in [1.807, 2.05) is 0 Å².